The molecule has 38 heavy (non-hydrogen) atoms. The topological polar surface area (TPSA) is 78.3 Å². The van der Waals surface area contributed by atoms with E-state index in [1.54, 1.807) is 24.0 Å². The first-order valence-corrected chi connectivity index (χ1v) is 12.8. The van der Waals surface area contributed by atoms with Crippen molar-refractivity contribution >= 4 is 28.4 Å². The molecule has 0 bridgehead atoms. The van der Waals surface area contributed by atoms with Crippen LogP contribution in [0.4, 0.5) is 20.4 Å². The first kappa shape index (κ1) is 26.1. The van der Waals surface area contributed by atoms with Gasteiger partial charge < -0.3 is 29.2 Å². The van der Waals surface area contributed by atoms with Gasteiger partial charge in [0.1, 0.15) is 17.2 Å². The van der Waals surface area contributed by atoms with Crippen molar-refractivity contribution in [2.45, 2.75) is 25.4 Å². The number of anilines is 2. The second-order valence-corrected chi connectivity index (χ2v) is 10.2. The van der Waals surface area contributed by atoms with E-state index in [0.29, 0.717) is 62.0 Å². The van der Waals surface area contributed by atoms with Gasteiger partial charge in [-0.15, -0.1) is 0 Å². The van der Waals surface area contributed by atoms with E-state index >= 15 is 0 Å². The third kappa shape index (κ3) is 5.37. The lowest BCUT2D eigenvalue weighted by molar-refractivity contribution is 0.0783. The summed E-state index contributed by atoms with van der Waals surface area (Å²) >= 11 is 0. The number of fused-ring (bicyclic) bond motifs is 1. The minimum absolute atomic E-state index is 0.168. The minimum atomic E-state index is -0.709. The average molecular weight is 527 g/mol. The average Bonchev–Trinajstić information content (AvgIpc) is 3.38. The molecule has 1 N–H and O–H groups in total. The van der Waals surface area contributed by atoms with E-state index in [1.165, 1.54) is 18.2 Å². The summed E-state index contributed by atoms with van der Waals surface area (Å²) in [5.41, 5.74) is 1.23. The molecule has 8 nitrogen and oxygen atoms in total. The van der Waals surface area contributed by atoms with Gasteiger partial charge in [-0.3, -0.25) is 9.59 Å². The van der Waals surface area contributed by atoms with Crippen LogP contribution in [-0.2, 0) is 4.74 Å². The monoisotopic (exact) mass is 526 g/mol. The molecule has 3 aromatic rings. The van der Waals surface area contributed by atoms with Gasteiger partial charge in [0.05, 0.1) is 24.6 Å². The SMILES string of the molecule is CC(Nc1cc(F)cc(F)c1)c1cc(C(=O)N2CC[C@@H](N(C)C)C2)cc2c(=O)cc(N3CCOCC3)oc12. The summed E-state index contributed by atoms with van der Waals surface area (Å²) in [4.78, 5) is 32.7. The third-order valence-corrected chi connectivity index (χ3v) is 7.31. The van der Waals surface area contributed by atoms with Crippen LogP contribution in [0.25, 0.3) is 11.0 Å². The molecule has 0 aliphatic carbocycles. The summed E-state index contributed by atoms with van der Waals surface area (Å²) in [6.45, 7) is 5.22. The quantitative estimate of drug-likeness (QED) is 0.523. The highest BCUT2D eigenvalue weighted by atomic mass is 19.1. The molecule has 0 spiro atoms. The smallest absolute Gasteiger partial charge is 0.253 e. The van der Waals surface area contributed by atoms with E-state index in [4.69, 9.17) is 9.15 Å². The molecule has 1 aromatic heterocycles. The highest BCUT2D eigenvalue weighted by molar-refractivity contribution is 5.99. The highest BCUT2D eigenvalue weighted by Gasteiger charge is 2.29. The number of hydrogen-bond donors (Lipinski definition) is 1. The van der Waals surface area contributed by atoms with Crippen molar-refractivity contribution in [3.8, 4) is 0 Å². The molecule has 2 aromatic carbocycles. The largest absolute Gasteiger partial charge is 0.440 e. The normalized spacial score (nSPS) is 18.8. The zero-order valence-corrected chi connectivity index (χ0v) is 21.8. The summed E-state index contributed by atoms with van der Waals surface area (Å²) in [5.74, 6) is -1.17. The molecule has 1 amide bonds. The molecule has 0 saturated carbocycles. The van der Waals surface area contributed by atoms with E-state index < -0.39 is 17.7 Å². The van der Waals surface area contributed by atoms with Gasteiger partial charge in [0.15, 0.2) is 11.3 Å². The number of rotatable bonds is 6. The standard InChI is InChI=1S/C28H32F2N4O4/c1-17(31-21-13-19(29)12-20(30)14-21)23-10-18(28(36)34-5-4-22(16-34)32(2)3)11-24-25(35)15-26(38-27(23)24)33-6-8-37-9-7-33/h10-15,17,22,31H,4-9,16H2,1-3H3/t17?,22-/m1/s1. The summed E-state index contributed by atoms with van der Waals surface area (Å²) in [5, 5.41) is 3.38. The second kappa shape index (κ2) is 10.7. The maximum Gasteiger partial charge on any atom is 0.253 e. The third-order valence-electron chi connectivity index (χ3n) is 7.31. The Balaban J connectivity index is 1.58. The van der Waals surface area contributed by atoms with Gasteiger partial charge in [0.2, 0.25) is 0 Å². The van der Waals surface area contributed by atoms with E-state index in [1.807, 2.05) is 19.0 Å². The molecule has 5 rings (SSSR count). The van der Waals surface area contributed by atoms with Crippen molar-refractivity contribution in [2.24, 2.45) is 0 Å². The van der Waals surface area contributed by atoms with Crippen molar-refractivity contribution in [1.29, 1.82) is 0 Å². The molecule has 0 radical (unpaired) electrons. The molecule has 2 atom stereocenters. The lowest BCUT2D eigenvalue weighted by atomic mass is 9.99. The summed E-state index contributed by atoms with van der Waals surface area (Å²) in [6, 6.07) is 7.67. The van der Waals surface area contributed by atoms with Crippen LogP contribution < -0.4 is 15.6 Å². The Bertz CT molecular complexity index is 1380. The molecule has 2 saturated heterocycles. The van der Waals surface area contributed by atoms with E-state index in [9.17, 15) is 18.4 Å². The van der Waals surface area contributed by atoms with E-state index in [2.05, 4.69) is 10.2 Å². The molecule has 3 heterocycles. The first-order valence-electron chi connectivity index (χ1n) is 12.8. The summed E-state index contributed by atoms with van der Waals surface area (Å²) in [6.07, 6.45) is 0.868. The van der Waals surface area contributed by atoms with Gasteiger partial charge in [-0.05, 0) is 51.7 Å². The van der Waals surface area contributed by atoms with Crippen LogP contribution in [0.1, 0.15) is 35.3 Å². The number of amides is 1. The Labute approximate surface area is 219 Å². The maximum absolute atomic E-state index is 13.9. The van der Waals surface area contributed by atoms with Crippen molar-refractivity contribution in [1.82, 2.24) is 9.80 Å². The zero-order chi connectivity index (χ0) is 27.0. The van der Waals surface area contributed by atoms with Crippen LogP contribution in [0, 0.1) is 11.6 Å². The molecular formula is C28H32F2N4O4. The number of carbonyl (C=O) groups excluding carboxylic acids is 1. The van der Waals surface area contributed by atoms with Crippen LogP contribution in [0.15, 0.2) is 45.6 Å². The van der Waals surface area contributed by atoms with Gasteiger partial charge in [-0.1, -0.05) is 0 Å². The van der Waals surface area contributed by atoms with Crippen LogP contribution >= 0.6 is 0 Å². The minimum Gasteiger partial charge on any atom is -0.440 e. The Morgan fingerprint density at radius 3 is 2.42 bits per heavy atom. The Morgan fingerprint density at radius 2 is 1.76 bits per heavy atom. The van der Waals surface area contributed by atoms with Crippen molar-refractivity contribution in [3.63, 3.8) is 0 Å². The summed E-state index contributed by atoms with van der Waals surface area (Å²) in [7, 11) is 3.99. The number of nitrogens with one attached hydrogen (secondary N) is 1. The highest BCUT2D eigenvalue weighted by Crippen LogP contribution is 2.31. The Kier molecular flexibility index (Phi) is 7.36. The lowest BCUT2D eigenvalue weighted by Gasteiger charge is -2.28. The predicted octanol–water partition coefficient (Wildman–Crippen LogP) is 3.86. The van der Waals surface area contributed by atoms with Crippen LogP contribution in [0.2, 0.25) is 0 Å². The van der Waals surface area contributed by atoms with Gasteiger partial charge in [-0.2, -0.15) is 0 Å². The predicted molar refractivity (Wildman–Crippen MR) is 142 cm³/mol. The van der Waals surface area contributed by atoms with Crippen LogP contribution in [-0.4, -0.2) is 75.2 Å². The van der Waals surface area contributed by atoms with Crippen LogP contribution in [0.5, 0.6) is 0 Å². The number of nitrogens with zero attached hydrogens (tertiary/aromatic N) is 3. The molecular weight excluding hydrogens is 494 g/mol. The zero-order valence-electron chi connectivity index (χ0n) is 21.8. The summed E-state index contributed by atoms with van der Waals surface area (Å²) < 4.78 is 39.4. The van der Waals surface area contributed by atoms with E-state index in [-0.39, 0.29) is 28.5 Å². The lowest BCUT2D eigenvalue weighted by Crippen LogP contribution is -2.36. The van der Waals surface area contributed by atoms with Gasteiger partial charge in [0.25, 0.3) is 5.91 Å². The number of likely N-dealkylation sites (tertiary alicyclic amines) is 1. The fraction of sp³-hybridized carbons (Fsp3) is 0.429. The Hall–Kier alpha value is -3.50. The molecule has 10 heteroatoms. The number of carbonyl (C=O) groups is 1. The molecule has 2 aliphatic heterocycles. The van der Waals surface area contributed by atoms with Gasteiger partial charge in [-0.25, -0.2) is 8.78 Å². The molecule has 2 aliphatic rings. The number of hydrogen-bond acceptors (Lipinski definition) is 7. The molecule has 1 unspecified atom stereocenters. The van der Waals surface area contributed by atoms with Gasteiger partial charge in [0, 0.05) is 61.2 Å². The van der Waals surface area contributed by atoms with Crippen molar-refractivity contribution in [2.75, 3.05) is 63.7 Å². The van der Waals surface area contributed by atoms with Crippen molar-refractivity contribution in [3.05, 3.63) is 69.4 Å². The van der Waals surface area contributed by atoms with Gasteiger partial charge >= 0.3 is 0 Å². The molecule has 2 fully saturated rings. The number of morpholine rings is 1. The fourth-order valence-electron chi connectivity index (χ4n) is 5.15. The maximum atomic E-state index is 13.9. The fourth-order valence-corrected chi connectivity index (χ4v) is 5.15. The number of benzene rings is 2. The van der Waals surface area contributed by atoms with Crippen LogP contribution in [0.3, 0.4) is 0 Å². The number of ether oxygens (including phenoxy) is 1. The number of likely N-dealkylation sites (N-methyl/N-ethyl adjacent to an activating group) is 1. The second-order valence-electron chi connectivity index (χ2n) is 10.2. The van der Waals surface area contributed by atoms with Crippen molar-refractivity contribution < 1.29 is 22.7 Å². The Morgan fingerprint density at radius 1 is 1.05 bits per heavy atom. The first-order chi connectivity index (χ1) is 18.2. The van der Waals surface area contributed by atoms with E-state index in [0.717, 1.165) is 12.5 Å². The number of halogens is 2. The molecule has 202 valence electrons.